The first-order valence-electron chi connectivity index (χ1n) is 10.1. The Labute approximate surface area is 185 Å². The van der Waals surface area contributed by atoms with Gasteiger partial charge in [0.05, 0.1) is 6.61 Å². The Balaban J connectivity index is 0.00000280. The number of carbonyl (C=O) groups excluding carboxylic acids is 1. The molecule has 1 aromatic rings. The second-order valence-corrected chi connectivity index (χ2v) is 7.55. The van der Waals surface area contributed by atoms with E-state index in [1.54, 1.807) is 7.05 Å². The van der Waals surface area contributed by atoms with E-state index in [4.69, 9.17) is 4.74 Å². The third kappa shape index (κ3) is 6.53. The molecule has 156 valence electrons. The smallest absolute Gasteiger partial charge is 0.224 e. The van der Waals surface area contributed by atoms with E-state index in [0.29, 0.717) is 18.9 Å². The van der Waals surface area contributed by atoms with Crippen molar-refractivity contribution in [2.45, 2.75) is 39.0 Å². The number of likely N-dealkylation sites (tertiary alicyclic amines) is 1. The van der Waals surface area contributed by atoms with Crippen LogP contribution >= 0.6 is 24.0 Å². The molecule has 0 radical (unpaired) electrons. The highest BCUT2D eigenvalue weighted by Crippen LogP contribution is 2.25. The van der Waals surface area contributed by atoms with E-state index < -0.39 is 0 Å². The predicted octanol–water partition coefficient (Wildman–Crippen LogP) is 2.60. The number of carbonyl (C=O) groups is 1. The van der Waals surface area contributed by atoms with Crippen LogP contribution in [0.5, 0.6) is 5.75 Å². The van der Waals surface area contributed by atoms with Crippen LogP contribution in [-0.4, -0.2) is 56.6 Å². The zero-order valence-electron chi connectivity index (χ0n) is 17.0. The number of guanidine groups is 1. The van der Waals surface area contributed by atoms with E-state index in [0.717, 1.165) is 57.2 Å². The molecule has 0 aromatic heterocycles. The first-order valence-corrected chi connectivity index (χ1v) is 10.1. The van der Waals surface area contributed by atoms with Gasteiger partial charge in [-0.05, 0) is 42.4 Å². The van der Waals surface area contributed by atoms with Crippen LogP contribution in [0.4, 0.5) is 0 Å². The summed E-state index contributed by atoms with van der Waals surface area (Å²) in [4.78, 5) is 18.6. The molecule has 3 rings (SSSR count). The summed E-state index contributed by atoms with van der Waals surface area (Å²) >= 11 is 0. The number of hydrogen-bond acceptors (Lipinski definition) is 3. The number of nitrogens with zero attached hydrogens (tertiary/aromatic N) is 2. The molecule has 6 nitrogen and oxygen atoms in total. The highest BCUT2D eigenvalue weighted by Gasteiger charge is 2.20. The maximum atomic E-state index is 12.3. The molecule has 1 fully saturated rings. The van der Waals surface area contributed by atoms with Gasteiger partial charge in [0, 0.05) is 46.1 Å². The fraction of sp³-hybridized carbons (Fsp3) is 0.619. The molecule has 7 heteroatoms. The molecular formula is C21H33IN4O2. The lowest BCUT2D eigenvalue weighted by atomic mass is 10.00. The second kappa shape index (κ2) is 11.5. The average Bonchev–Trinajstić information content (AvgIpc) is 3.14. The fourth-order valence-electron chi connectivity index (χ4n) is 3.80. The molecule has 2 N–H and O–H groups in total. The van der Waals surface area contributed by atoms with Gasteiger partial charge >= 0.3 is 0 Å². The van der Waals surface area contributed by atoms with Gasteiger partial charge in [-0.15, -0.1) is 24.0 Å². The summed E-state index contributed by atoms with van der Waals surface area (Å²) in [6, 6.07) is 6.43. The van der Waals surface area contributed by atoms with Crippen molar-refractivity contribution in [1.82, 2.24) is 15.5 Å². The molecule has 2 aliphatic rings. The number of rotatable bonds is 6. The summed E-state index contributed by atoms with van der Waals surface area (Å²) in [5.41, 5.74) is 2.61. The van der Waals surface area contributed by atoms with Crippen molar-refractivity contribution in [3.63, 3.8) is 0 Å². The van der Waals surface area contributed by atoms with Gasteiger partial charge in [-0.2, -0.15) is 0 Å². The quantitative estimate of drug-likeness (QED) is 0.358. The number of ether oxygens (including phenoxy) is 1. The summed E-state index contributed by atoms with van der Waals surface area (Å²) < 4.78 is 5.55. The third-order valence-electron chi connectivity index (χ3n) is 5.32. The summed E-state index contributed by atoms with van der Waals surface area (Å²) in [7, 11) is 1.76. The van der Waals surface area contributed by atoms with Gasteiger partial charge in [-0.25, -0.2) is 0 Å². The van der Waals surface area contributed by atoms with Gasteiger partial charge < -0.3 is 20.3 Å². The van der Waals surface area contributed by atoms with E-state index in [-0.39, 0.29) is 29.9 Å². The monoisotopic (exact) mass is 500 g/mol. The zero-order chi connectivity index (χ0) is 19.1. The Bertz CT molecular complexity index is 680. The van der Waals surface area contributed by atoms with Crippen LogP contribution in [0.15, 0.2) is 23.2 Å². The van der Waals surface area contributed by atoms with Gasteiger partial charge in [0.2, 0.25) is 5.91 Å². The Hall–Kier alpha value is -1.51. The zero-order valence-corrected chi connectivity index (χ0v) is 19.3. The molecule has 0 saturated carbocycles. The molecule has 28 heavy (non-hydrogen) atoms. The van der Waals surface area contributed by atoms with Gasteiger partial charge in [0.15, 0.2) is 5.96 Å². The van der Waals surface area contributed by atoms with Crippen molar-refractivity contribution in [2.75, 3.05) is 39.8 Å². The van der Waals surface area contributed by atoms with Gasteiger partial charge in [0.1, 0.15) is 5.75 Å². The van der Waals surface area contributed by atoms with E-state index in [1.807, 2.05) is 4.90 Å². The Kier molecular flexibility index (Phi) is 9.34. The van der Waals surface area contributed by atoms with Gasteiger partial charge in [-0.1, -0.05) is 19.1 Å². The standard InChI is InChI=1S/C21H32N4O2.HI/c1-16-4-3-12-25(15-16)20(26)8-11-24-21(22-2)23-10-7-17-5-6-19-18(14-17)9-13-27-19;/h5-6,14,16H,3-4,7-13,15H2,1-2H3,(H2,22,23,24);1H. The molecule has 1 unspecified atom stereocenters. The lowest BCUT2D eigenvalue weighted by Crippen LogP contribution is -2.42. The van der Waals surface area contributed by atoms with Crippen LogP contribution in [0.25, 0.3) is 0 Å². The van der Waals surface area contributed by atoms with Crippen molar-refractivity contribution in [1.29, 1.82) is 0 Å². The molecule has 1 amide bonds. The number of fused-ring (bicyclic) bond motifs is 1. The minimum atomic E-state index is 0. The Morgan fingerprint density at radius 1 is 1.32 bits per heavy atom. The van der Waals surface area contributed by atoms with E-state index in [9.17, 15) is 4.79 Å². The first kappa shape index (κ1) is 22.8. The van der Waals surface area contributed by atoms with Crippen molar-refractivity contribution in [3.05, 3.63) is 29.3 Å². The first-order chi connectivity index (χ1) is 13.2. The fourth-order valence-corrected chi connectivity index (χ4v) is 3.80. The topological polar surface area (TPSA) is 66.0 Å². The van der Waals surface area contributed by atoms with Crippen molar-refractivity contribution >= 4 is 35.8 Å². The number of aliphatic imine (C=N–C) groups is 1. The molecule has 1 saturated heterocycles. The molecule has 1 atom stereocenters. The Morgan fingerprint density at radius 2 is 2.14 bits per heavy atom. The SMILES string of the molecule is CN=C(NCCC(=O)N1CCCC(C)C1)NCCc1ccc2c(c1)CCO2.I. The van der Waals surface area contributed by atoms with Crippen molar-refractivity contribution in [2.24, 2.45) is 10.9 Å². The normalized spacial score (nSPS) is 18.7. The Morgan fingerprint density at radius 3 is 2.93 bits per heavy atom. The maximum absolute atomic E-state index is 12.3. The number of amides is 1. The largest absolute Gasteiger partial charge is 0.493 e. The van der Waals surface area contributed by atoms with Crippen LogP contribution in [0.3, 0.4) is 0 Å². The van der Waals surface area contributed by atoms with Crippen LogP contribution < -0.4 is 15.4 Å². The van der Waals surface area contributed by atoms with E-state index in [2.05, 4.69) is 40.7 Å². The highest BCUT2D eigenvalue weighted by molar-refractivity contribution is 14.0. The molecule has 1 aromatic carbocycles. The number of nitrogens with one attached hydrogen (secondary N) is 2. The van der Waals surface area contributed by atoms with Crippen molar-refractivity contribution < 1.29 is 9.53 Å². The molecule has 2 heterocycles. The van der Waals surface area contributed by atoms with Crippen LogP contribution in [-0.2, 0) is 17.6 Å². The molecular weight excluding hydrogens is 467 g/mol. The summed E-state index contributed by atoms with van der Waals surface area (Å²) in [6.07, 6.45) is 4.80. The molecule has 0 spiro atoms. The van der Waals surface area contributed by atoms with E-state index >= 15 is 0 Å². The van der Waals surface area contributed by atoms with Crippen LogP contribution in [0.2, 0.25) is 0 Å². The minimum absolute atomic E-state index is 0. The van der Waals surface area contributed by atoms with Crippen LogP contribution in [0, 0.1) is 5.92 Å². The maximum Gasteiger partial charge on any atom is 0.224 e. The number of benzene rings is 1. The van der Waals surface area contributed by atoms with Gasteiger partial charge in [0.25, 0.3) is 0 Å². The molecule has 2 aliphatic heterocycles. The number of piperidine rings is 1. The number of halogens is 1. The lowest BCUT2D eigenvalue weighted by Gasteiger charge is -2.31. The highest BCUT2D eigenvalue weighted by atomic mass is 127. The number of hydrogen-bond donors (Lipinski definition) is 2. The minimum Gasteiger partial charge on any atom is -0.493 e. The summed E-state index contributed by atoms with van der Waals surface area (Å²) in [5, 5.41) is 6.58. The third-order valence-corrected chi connectivity index (χ3v) is 5.32. The van der Waals surface area contributed by atoms with Crippen LogP contribution in [0.1, 0.15) is 37.3 Å². The summed E-state index contributed by atoms with van der Waals surface area (Å²) in [5.74, 6) is 2.64. The molecule has 0 bridgehead atoms. The van der Waals surface area contributed by atoms with Crippen molar-refractivity contribution in [3.8, 4) is 5.75 Å². The van der Waals surface area contributed by atoms with Gasteiger partial charge in [-0.3, -0.25) is 9.79 Å². The summed E-state index contributed by atoms with van der Waals surface area (Å²) in [6.45, 7) is 6.23. The second-order valence-electron chi connectivity index (χ2n) is 7.55. The predicted molar refractivity (Wildman–Crippen MR) is 124 cm³/mol. The molecule has 0 aliphatic carbocycles. The lowest BCUT2D eigenvalue weighted by molar-refractivity contribution is -0.132. The average molecular weight is 500 g/mol. The van der Waals surface area contributed by atoms with E-state index in [1.165, 1.54) is 17.5 Å².